The normalized spacial score (nSPS) is 18.1. The molecule has 0 aliphatic carbocycles. The van der Waals surface area contributed by atoms with Gasteiger partial charge in [0.1, 0.15) is 6.54 Å². The largest absolute Gasteiger partial charge is 0.363 e. The van der Waals surface area contributed by atoms with E-state index in [4.69, 9.17) is 11.6 Å². The molecule has 0 atom stereocenters. The molecule has 35 heavy (non-hydrogen) atoms. The Balaban J connectivity index is 1.56. The summed E-state index contributed by atoms with van der Waals surface area (Å²) < 4.78 is 0. The lowest BCUT2D eigenvalue weighted by Crippen LogP contribution is -2.44. The van der Waals surface area contributed by atoms with E-state index in [1.165, 1.54) is 11.3 Å². The average molecular weight is 510 g/mol. The zero-order valence-corrected chi connectivity index (χ0v) is 22.0. The number of benzene rings is 2. The summed E-state index contributed by atoms with van der Waals surface area (Å²) in [6, 6.07) is 10.8. The fraction of sp³-hybridized carbons (Fsp3) is 0.296. The molecule has 0 spiro atoms. The minimum atomic E-state index is -0.466. The number of anilines is 2. The van der Waals surface area contributed by atoms with Gasteiger partial charge in [0, 0.05) is 28.5 Å². The second-order valence-corrected chi connectivity index (χ2v) is 10.7. The number of thioether (sulfide) groups is 1. The van der Waals surface area contributed by atoms with Gasteiger partial charge in [-0.3, -0.25) is 19.3 Å². The van der Waals surface area contributed by atoms with Gasteiger partial charge in [-0.15, -0.1) is 0 Å². The molecule has 6 nitrogen and oxygen atoms in total. The van der Waals surface area contributed by atoms with Crippen molar-refractivity contribution in [2.45, 2.75) is 40.2 Å². The topological polar surface area (TPSA) is 69.7 Å². The molecule has 0 saturated carbocycles. The summed E-state index contributed by atoms with van der Waals surface area (Å²) in [5, 5.41) is 2.77. The van der Waals surface area contributed by atoms with E-state index in [2.05, 4.69) is 56.1 Å². The number of carbonyl (C=O) groups is 3. The Hall–Kier alpha value is -3.03. The maximum Gasteiger partial charge on any atom is 0.294 e. The van der Waals surface area contributed by atoms with Crippen molar-refractivity contribution in [2.24, 2.45) is 0 Å². The van der Waals surface area contributed by atoms with Crippen LogP contribution in [-0.4, -0.2) is 40.6 Å². The number of likely N-dealkylation sites (N-methyl/N-ethyl adjacent to an activating group) is 1. The number of amides is 3. The number of fused-ring (bicyclic) bond motifs is 1. The maximum atomic E-state index is 13.0. The number of imide groups is 1. The number of carbonyl (C=O) groups excluding carboxylic acids is 3. The van der Waals surface area contributed by atoms with Crippen LogP contribution >= 0.6 is 23.4 Å². The van der Waals surface area contributed by atoms with E-state index >= 15 is 0 Å². The lowest BCUT2D eigenvalue weighted by molar-refractivity contribution is -0.127. The summed E-state index contributed by atoms with van der Waals surface area (Å²) in [6.45, 7) is 11.2. The van der Waals surface area contributed by atoms with Gasteiger partial charge in [-0.1, -0.05) is 17.7 Å². The number of rotatable bonds is 5. The molecule has 2 aliphatic rings. The molecular formula is C27H28ClN3O3S. The number of nitrogens with one attached hydrogen (secondary N) is 1. The highest BCUT2D eigenvalue weighted by Gasteiger charge is 2.37. The van der Waals surface area contributed by atoms with Crippen molar-refractivity contribution in [3.63, 3.8) is 0 Å². The third-order valence-corrected chi connectivity index (χ3v) is 7.43. The monoisotopic (exact) mass is 509 g/mol. The fourth-order valence-electron chi connectivity index (χ4n) is 4.63. The molecular weight excluding hydrogens is 482 g/mol. The summed E-state index contributed by atoms with van der Waals surface area (Å²) in [4.78, 5) is 41.6. The third-order valence-electron chi connectivity index (χ3n) is 6.27. The van der Waals surface area contributed by atoms with Crippen LogP contribution in [0.5, 0.6) is 0 Å². The molecule has 2 heterocycles. The molecule has 2 aliphatic heterocycles. The van der Waals surface area contributed by atoms with Crippen molar-refractivity contribution in [3.8, 4) is 0 Å². The molecule has 1 fully saturated rings. The first-order valence-corrected chi connectivity index (χ1v) is 12.6. The number of allylic oxidation sites excluding steroid dienone is 1. The van der Waals surface area contributed by atoms with Crippen molar-refractivity contribution in [2.75, 3.05) is 23.3 Å². The molecule has 1 N–H and O–H groups in total. The van der Waals surface area contributed by atoms with E-state index in [1.807, 2.05) is 6.92 Å². The number of aryl methyl sites for hydroxylation is 1. The number of halogens is 1. The zero-order valence-electron chi connectivity index (χ0n) is 20.4. The van der Waals surface area contributed by atoms with Crippen LogP contribution in [0.15, 0.2) is 47.4 Å². The van der Waals surface area contributed by atoms with Crippen LogP contribution in [0.2, 0.25) is 5.02 Å². The van der Waals surface area contributed by atoms with Gasteiger partial charge in [0.15, 0.2) is 0 Å². The number of hydrogen-bond donors (Lipinski definition) is 1. The molecule has 0 bridgehead atoms. The van der Waals surface area contributed by atoms with Crippen molar-refractivity contribution in [3.05, 3.63) is 69.1 Å². The lowest BCUT2D eigenvalue weighted by atomic mass is 9.87. The Labute approximate surface area is 215 Å². The highest BCUT2D eigenvalue weighted by Crippen LogP contribution is 2.41. The molecule has 0 unspecified atom stereocenters. The van der Waals surface area contributed by atoms with Gasteiger partial charge in [-0.05, 0) is 106 Å². The van der Waals surface area contributed by atoms with Crippen LogP contribution in [0.4, 0.5) is 16.2 Å². The Morgan fingerprint density at radius 3 is 2.49 bits per heavy atom. The fourth-order valence-corrected chi connectivity index (χ4v) is 5.59. The van der Waals surface area contributed by atoms with Crippen LogP contribution in [0.1, 0.15) is 44.4 Å². The highest BCUT2D eigenvalue weighted by atomic mass is 35.5. The first-order chi connectivity index (χ1) is 16.5. The Morgan fingerprint density at radius 2 is 1.83 bits per heavy atom. The molecule has 0 radical (unpaired) electrons. The molecule has 4 rings (SSSR count). The zero-order chi connectivity index (χ0) is 25.5. The molecule has 2 aromatic rings. The smallest absolute Gasteiger partial charge is 0.294 e. The van der Waals surface area contributed by atoms with Crippen LogP contribution < -0.4 is 10.2 Å². The number of nitrogens with zero attached hydrogens (tertiary/aromatic N) is 2. The van der Waals surface area contributed by atoms with E-state index in [9.17, 15) is 14.4 Å². The van der Waals surface area contributed by atoms with Gasteiger partial charge in [0.05, 0.1) is 10.4 Å². The summed E-state index contributed by atoms with van der Waals surface area (Å²) in [6.07, 6.45) is 4.01. The quantitative estimate of drug-likeness (QED) is 0.476. The van der Waals surface area contributed by atoms with Crippen LogP contribution in [0.3, 0.4) is 0 Å². The maximum absolute atomic E-state index is 13.0. The summed E-state index contributed by atoms with van der Waals surface area (Å²) in [7, 11) is 0. The van der Waals surface area contributed by atoms with Crippen LogP contribution in [-0.2, 0) is 9.59 Å². The minimum Gasteiger partial charge on any atom is -0.363 e. The summed E-state index contributed by atoms with van der Waals surface area (Å²) in [5.74, 6) is -0.921. The van der Waals surface area contributed by atoms with Crippen molar-refractivity contribution in [1.29, 1.82) is 0 Å². The highest BCUT2D eigenvalue weighted by molar-refractivity contribution is 8.18. The predicted molar refractivity (Wildman–Crippen MR) is 145 cm³/mol. The van der Waals surface area contributed by atoms with E-state index in [-0.39, 0.29) is 12.1 Å². The van der Waals surface area contributed by atoms with Gasteiger partial charge in [-0.25, -0.2) is 0 Å². The molecule has 2 aromatic carbocycles. The number of hydrogen-bond acceptors (Lipinski definition) is 5. The molecule has 0 aromatic heterocycles. The standard InChI is InChI=1S/C27H28ClN3O3S/c1-6-31-22-11-16(2)18(12-21(22)17(3)14-27(31,4)5)13-23-25(33)30(26(34)35-23)15-24(32)29-20-9-7-19(28)8-10-20/h7-14H,6,15H2,1-5H3,(H,29,32)/b23-13-. The minimum absolute atomic E-state index is 0.0883. The van der Waals surface area contributed by atoms with Crippen molar-refractivity contribution < 1.29 is 14.4 Å². The van der Waals surface area contributed by atoms with Crippen molar-refractivity contribution in [1.82, 2.24) is 4.90 Å². The van der Waals surface area contributed by atoms with Gasteiger partial charge in [0.2, 0.25) is 5.91 Å². The Bertz CT molecular complexity index is 1280. The average Bonchev–Trinajstić information content (AvgIpc) is 3.03. The third kappa shape index (κ3) is 5.02. The molecule has 3 amide bonds. The van der Waals surface area contributed by atoms with E-state index in [1.54, 1.807) is 30.3 Å². The second-order valence-electron chi connectivity index (χ2n) is 9.27. The second kappa shape index (κ2) is 9.55. The van der Waals surface area contributed by atoms with Gasteiger partial charge in [0.25, 0.3) is 11.1 Å². The Kier molecular flexibility index (Phi) is 6.84. The SMILES string of the molecule is CCN1c2cc(C)c(/C=C3\SC(=O)N(CC(=O)Nc4ccc(Cl)cc4)C3=O)cc2C(C)=CC1(C)C. The summed E-state index contributed by atoms with van der Waals surface area (Å²) >= 11 is 6.72. The first-order valence-electron chi connectivity index (χ1n) is 11.4. The van der Waals surface area contributed by atoms with Gasteiger partial charge < -0.3 is 10.2 Å². The van der Waals surface area contributed by atoms with E-state index < -0.39 is 17.1 Å². The Morgan fingerprint density at radius 1 is 1.14 bits per heavy atom. The van der Waals surface area contributed by atoms with E-state index in [0.29, 0.717) is 15.6 Å². The van der Waals surface area contributed by atoms with E-state index in [0.717, 1.165) is 39.9 Å². The molecule has 8 heteroatoms. The predicted octanol–water partition coefficient (Wildman–Crippen LogP) is 6.35. The van der Waals surface area contributed by atoms with Gasteiger partial charge >= 0.3 is 0 Å². The molecule has 182 valence electrons. The first kappa shape index (κ1) is 25.1. The molecule has 1 saturated heterocycles. The van der Waals surface area contributed by atoms with Gasteiger partial charge in [-0.2, -0.15) is 0 Å². The van der Waals surface area contributed by atoms with Crippen molar-refractivity contribution >= 4 is 63.4 Å². The summed E-state index contributed by atoms with van der Waals surface area (Å²) in [5.41, 5.74) is 5.80. The lowest BCUT2D eigenvalue weighted by Gasteiger charge is -2.43. The van der Waals surface area contributed by atoms with Crippen LogP contribution in [0, 0.1) is 6.92 Å². The van der Waals surface area contributed by atoms with Crippen LogP contribution in [0.25, 0.3) is 11.6 Å².